The first-order chi connectivity index (χ1) is 50.7. The second-order valence-corrected chi connectivity index (χ2v) is 29.2. The van der Waals surface area contributed by atoms with E-state index in [0.717, 1.165) is 77.6 Å². The van der Waals surface area contributed by atoms with Crippen LogP contribution in [-0.4, -0.2) is 343 Å². The highest BCUT2D eigenvalue weighted by molar-refractivity contribution is 5.80. The summed E-state index contributed by atoms with van der Waals surface area (Å²) in [7, 11) is 0. The molecule has 2 amide bonds. The number of ether oxygens (including phenoxy) is 10. The molecule has 5 heterocycles. The van der Waals surface area contributed by atoms with E-state index in [0.29, 0.717) is 12.8 Å². The van der Waals surface area contributed by atoms with E-state index >= 15 is 0 Å². The summed E-state index contributed by atoms with van der Waals surface area (Å²) >= 11 is 0. The van der Waals surface area contributed by atoms with Gasteiger partial charge in [0.25, 0.3) is 5.79 Å². The van der Waals surface area contributed by atoms with Crippen molar-refractivity contribution in [3.63, 3.8) is 0 Å². The number of carboxylic acids is 1. The molecule has 35 nitrogen and oxygen atoms in total. The molecule has 30 atom stereocenters. The van der Waals surface area contributed by atoms with Crippen molar-refractivity contribution in [1.82, 2.24) is 10.6 Å². The third kappa shape index (κ3) is 27.8. The van der Waals surface area contributed by atoms with Crippen molar-refractivity contribution in [3.8, 4) is 0 Å². The van der Waals surface area contributed by atoms with Gasteiger partial charge in [0.15, 0.2) is 25.2 Å². The molecule has 622 valence electrons. The average Bonchev–Trinajstić information content (AvgIpc) is 0.812. The topological polar surface area (TPSA) is 572 Å². The number of nitrogens with one attached hydrogen (secondary N) is 2. The number of rotatable bonds is 53. The molecule has 0 aliphatic carbocycles. The Morgan fingerprint density at radius 2 is 0.915 bits per heavy atom. The molecule has 5 aliphatic heterocycles. The molecule has 0 bridgehead atoms. The van der Waals surface area contributed by atoms with Crippen LogP contribution in [0.2, 0.25) is 0 Å². The fraction of sp³-hybridized carbons (Fsp3) is 0.958. The van der Waals surface area contributed by atoms with E-state index < -0.39 is 247 Å². The van der Waals surface area contributed by atoms with Crippen LogP contribution in [0.4, 0.5) is 0 Å². The fourth-order valence-electron chi connectivity index (χ4n) is 14.3. The minimum absolute atomic E-state index is 0.0965. The summed E-state index contributed by atoms with van der Waals surface area (Å²) in [6, 6.07) is -3.33. The maximum atomic E-state index is 13.8. The average molecular weight is 1540 g/mol. The van der Waals surface area contributed by atoms with Crippen LogP contribution in [0.1, 0.15) is 207 Å². The molecular formula is C71H130N2O33. The van der Waals surface area contributed by atoms with Crippen LogP contribution in [0.5, 0.6) is 0 Å². The lowest BCUT2D eigenvalue weighted by Crippen LogP contribution is -2.72. The number of hydrogen-bond donors (Lipinski definition) is 22. The normalized spacial score (nSPS) is 34.9. The highest BCUT2D eigenvalue weighted by Gasteiger charge is 2.62. The van der Waals surface area contributed by atoms with Gasteiger partial charge in [0.05, 0.1) is 63.9 Å². The Bertz CT molecular complexity index is 2400. The van der Waals surface area contributed by atoms with Gasteiger partial charge in [-0.15, -0.1) is 0 Å². The van der Waals surface area contributed by atoms with Gasteiger partial charge in [-0.25, -0.2) is 4.79 Å². The second-order valence-electron chi connectivity index (χ2n) is 29.2. The fourth-order valence-corrected chi connectivity index (χ4v) is 14.3. The number of carbonyl (C=O) groups excluding carboxylic acids is 2. The number of amides is 2. The van der Waals surface area contributed by atoms with Crippen molar-refractivity contribution in [2.45, 2.75) is 390 Å². The molecule has 15 unspecified atom stereocenters. The molecule has 106 heavy (non-hydrogen) atoms. The number of carboxylic acid groups (broad SMARTS) is 1. The molecule has 35 heteroatoms. The van der Waals surface area contributed by atoms with Gasteiger partial charge in [-0.3, -0.25) is 9.59 Å². The first-order valence-corrected chi connectivity index (χ1v) is 38.6. The molecular weight excluding hydrogens is 1410 g/mol. The third-order valence-electron chi connectivity index (χ3n) is 20.7. The van der Waals surface area contributed by atoms with Crippen LogP contribution < -0.4 is 10.6 Å². The molecule has 0 aromatic heterocycles. The number of unbranched alkanes of at least 4 members (excludes halogenated alkanes) is 24. The maximum absolute atomic E-state index is 13.8. The van der Waals surface area contributed by atoms with Crippen molar-refractivity contribution >= 4 is 17.8 Å². The summed E-state index contributed by atoms with van der Waals surface area (Å²) in [4.78, 5) is 40.3. The van der Waals surface area contributed by atoms with Crippen molar-refractivity contribution < 1.29 is 164 Å². The first-order valence-electron chi connectivity index (χ1n) is 38.6. The highest BCUT2D eigenvalue weighted by atomic mass is 16.8. The second kappa shape index (κ2) is 49.0. The number of aliphatic carboxylic acids is 1. The summed E-state index contributed by atoms with van der Waals surface area (Å²) in [5.41, 5.74) is 0. The molecule has 0 spiro atoms. The van der Waals surface area contributed by atoms with Crippen molar-refractivity contribution in [3.05, 3.63) is 0 Å². The number of hydrogen-bond acceptors (Lipinski definition) is 32. The molecule has 5 saturated heterocycles. The van der Waals surface area contributed by atoms with Crippen LogP contribution in [0, 0.1) is 0 Å². The molecule has 5 rings (SSSR count). The highest BCUT2D eigenvalue weighted by Crippen LogP contribution is 2.41. The molecule has 0 radical (unpaired) electrons. The van der Waals surface area contributed by atoms with E-state index in [-0.39, 0.29) is 12.8 Å². The van der Waals surface area contributed by atoms with E-state index in [9.17, 15) is 117 Å². The monoisotopic (exact) mass is 1540 g/mol. The van der Waals surface area contributed by atoms with Crippen LogP contribution in [0.25, 0.3) is 0 Å². The van der Waals surface area contributed by atoms with Crippen molar-refractivity contribution in [1.29, 1.82) is 0 Å². The Kier molecular flexibility index (Phi) is 43.4. The summed E-state index contributed by atoms with van der Waals surface area (Å²) in [5.74, 6) is -7.34. The smallest absolute Gasteiger partial charge is 0.364 e. The first kappa shape index (κ1) is 93.8. The van der Waals surface area contributed by atoms with E-state index in [4.69, 9.17) is 47.4 Å². The predicted molar refractivity (Wildman–Crippen MR) is 370 cm³/mol. The zero-order valence-corrected chi connectivity index (χ0v) is 61.7. The Hall–Kier alpha value is -2.75. The lowest BCUT2D eigenvalue weighted by atomic mass is 9.87. The van der Waals surface area contributed by atoms with E-state index in [1.165, 1.54) is 83.5 Å². The zero-order chi connectivity index (χ0) is 78.2. The third-order valence-corrected chi connectivity index (χ3v) is 20.7. The lowest BCUT2D eigenvalue weighted by Gasteiger charge is -2.52. The van der Waals surface area contributed by atoms with E-state index in [1.54, 1.807) is 0 Å². The van der Waals surface area contributed by atoms with Gasteiger partial charge in [-0.1, -0.05) is 181 Å². The van der Waals surface area contributed by atoms with Gasteiger partial charge >= 0.3 is 5.97 Å². The molecule has 5 fully saturated rings. The Morgan fingerprint density at radius 3 is 1.42 bits per heavy atom. The van der Waals surface area contributed by atoms with Gasteiger partial charge in [0, 0.05) is 13.3 Å². The van der Waals surface area contributed by atoms with Crippen molar-refractivity contribution in [2.24, 2.45) is 0 Å². The van der Waals surface area contributed by atoms with Gasteiger partial charge in [-0.2, -0.15) is 0 Å². The standard InChI is InChI=1S/C71H130N2O33/c1-4-6-8-10-12-14-16-17-18-19-20-21-23-25-27-29-31-42(81)65(94)73-40(50(84)41(80)30-28-26-24-22-15-13-11-9-7-5-2)38-97-66-56(90)54(88)61(47(36-77)100-66)103-67-58(92)55(89)62(48(37-78)101-67)105-71(70(95)96)32-45(49(72-39(3)79)63(106-71)51(85)43(82)33-74)98-69-59(93)64(52(86)46(35-76)99-69)104-68-57(91)53(87)60(102-68)44(83)34-75/h40-64,66-69,74-78,80-93H,4-38H2,1-3H3,(H,72,79)(H,73,94)(H,95,96)/t40-,41+,42+,43?,44?,45+,46?,47?,48?,49+,50-,51?,52-,53?,54?,55?,56?,57?,58?,59?,60-,61+,62-,63?,64?,66+,67-,68-,69+,71+/m0/s1. The van der Waals surface area contributed by atoms with Crippen LogP contribution in [-0.2, 0) is 61.8 Å². The molecule has 0 aromatic carbocycles. The molecule has 5 aliphatic rings. The lowest BCUT2D eigenvalue weighted by molar-refractivity contribution is -0.392. The summed E-state index contributed by atoms with van der Waals surface area (Å²) in [5, 5.41) is 225. The summed E-state index contributed by atoms with van der Waals surface area (Å²) in [6.07, 6.45) is -27.2. The largest absolute Gasteiger partial charge is 0.477 e. The van der Waals surface area contributed by atoms with Crippen LogP contribution in [0.15, 0.2) is 0 Å². The minimum Gasteiger partial charge on any atom is -0.477 e. The Morgan fingerprint density at radius 1 is 0.472 bits per heavy atom. The van der Waals surface area contributed by atoms with E-state index in [2.05, 4.69) is 24.5 Å². The predicted octanol–water partition coefficient (Wildman–Crippen LogP) is -3.02. The van der Waals surface area contributed by atoms with Crippen LogP contribution in [0.3, 0.4) is 0 Å². The Labute approximate surface area is 620 Å². The number of aliphatic hydroxyl groups is 19. The summed E-state index contributed by atoms with van der Waals surface area (Å²) in [6.45, 7) is -0.924. The quantitative estimate of drug-likeness (QED) is 0.0270. The van der Waals surface area contributed by atoms with Crippen molar-refractivity contribution in [2.75, 3.05) is 39.6 Å². The van der Waals surface area contributed by atoms with Gasteiger partial charge in [0.1, 0.15) is 128 Å². The van der Waals surface area contributed by atoms with Gasteiger partial charge in [-0.05, 0) is 12.8 Å². The molecule has 0 aromatic rings. The SMILES string of the molecule is CCCCCCCCCCCCCCCCCC[C@@H](O)C(=O)N[C@@H](CO[C@@H]1OC(CO)[C@@H](O[C@@H]2OC(CO)[C@H](O[C@]3(C(=O)O)C[C@@H](O[C@@H]4OC(CO)[C@H](O)C(O[C@@H]5O[C@@H](C(O)CO)C(O)C5O)C4O)[C@@H](NC(C)=O)C(C(O)C(O)CO)O3)C(O)C2O)C(O)C1O)[C@H](O)[C@H](O)CCCCCCCCCCCC. The van der Waals surface area contributed by atoms with E-state index in [1.807, 2.05) is 0 Å². The Balaban J connectivity index is 1.28. The molecule has 0 saturated carbocycles. The van der Waals surface area contributed by atoms with Crippen LogP contribution >= 0.6 is 0 Å². The van der Waals surface area contributed by atoms with Gasteiger partial charge < -0.3 is 160 Å². The summed E-state index contributed by atoms with van der Waals surface area (Å²) < 4.78 is 58.1. The minimum atomic E-state index is -3.37. The number of aliphatic hydroxyl groups excluding tert-OH is 19. The molecule has 22 N–H and O–H groups in total. The maximum Gasteiger partial charge on any atom is 0.364 e. The number of carbonyl (C=O) groups is 3. The zero-order valence-electron chi connectivity index (χ0n) is 61.7. The van der Waals surface area contributed by atoms with Gasteiger partial charge in [0.2, 0.25) is 11.8 Å².